The largest absolute Gasteiger partial charge is 0.345 e. The van der Waals surface area contributed by atoms with Crippen LogP contribution in [0.15, 0.2) is 36.8 Å². The molecule has 0 bridgehead atoms. The van der Waals surface area contributed by atoms with Gasteiger partial charge in [0.1, 0.15) is 0 Å². The first-order valence-corrected chi connectivity index (χ1v) is 5.07. The molecule has 1 aromatic heterocycles. The zero-order chi connectivity index (χ0) is 10.7. The minimum absolute atomic E-state index is 0.368. The molecule has 0 aliphatic carbocycles. The Bertz CT molecular complexity index is 420. The van der Waals surface area contributed by atoms with Gasteiger partial charge in [-0.25, -0.2) is 4.98 Å². The van der Waals surface area contributed by atoms with E-state index in [2.05, 4.69) is 46.5 Å². The molecule has 1 unspecified atom stereocenters. The Balaban J connectivity index is 2.35. The molecule has 1 atom stereocenters. The van der Waals surface area contributed by atoms with E-state index in [1.165, 1.54) is 11.1 Å². The summed E-state index contributed by atoms with van der Waals surface area (Å²) in [5.74, 6) is 0. The molecule has 2 aromatic rings. The van der Waals surface area contributed by atoms with Gasteiger partial charge in [0.15, 0.2) is 0 Å². The number of aromatic nitrogens is 2. The van der Waals surface area contributed by atoms with Crippen molar-refractivity contribution in [3.8, 4) is 11.3 Å². The fourth-order valence-electron chi connectivity index (χ4n) is 1.56. The number of aromatic amines is 1. The summed E-state index contributed by atoms with van der Waals surface area (Å²) in [5.41, 5.74) is 3.51. The van der Waals surface area contributed by atoms with Crippen molar-refractivity contribution in [2.45, 2.75) is 13.0 Å². The van der Waals surface area contributed by atoms with Crippen LogP contribution in [0, 0.1) is 0 Å². The lowest BCUT2D eigenvalue weighted by Gasteiger charge is -2.11. The van der Waals surface area contributed by atoms with Crippen molar-refractivity contribution in [1.29, 1.82) is 0 Å². The van der Waals surface area contributed by atoms with Gasteiger partial charge >= 0.3 is 0 Å². The van der Waals surface area contributed by atoms with Crippen molar-refractivity contribution in [2.24, 2.45) is 0 Å². The summed E-state index contributed by atoms with van der Waals surface area (Å²) in [6.45, 7) is 2.14. The van der Waals surface area contributed by atoms with Crippen LogP contribution in [0.3, 0.4) is 0 Å². The third kappa shape index (κ3) is 2.07. The zero-order valence-electron chi connectivity index (χ0n) is 8.99. The van der Waals surface area contributed by atoms with Crippen LogP contribution in [0.1, 0.15) is 18.5 Å². The Kier molecular flexibility index (Phi) is 2.83. The topological polar surface area (TPSA) is 40.7 Å². The maximum absolute atomic E-state index is 4.02. The highest BCUT2D eigenvalue weighted by molar-refractivity contribution is 5.59. The van der Waals surface area contributed by atoms with Crippen LogP contribution >= 0.6 is 0 Å². The highest BCUT2D eigenvalue weighted by Gasteiger charge is 2.04. The van der Waals surface area contributed by atoms with Crippen molar-refractivity contribution < 1.29 is 0 Å². The first-order chi connectivity index (χ1) is 7.31. The molecule has 0 fully saturated rings. The zero-order valence-corrected chi connectivity index (χ0v) is 8.99. The van der Waals surface area contributed by atoms with E-state index in [0.29, 0.717) is 6.04 Å². The highest BCUT2D eigenvalue weighted by atomic mass is 14.9. The van der Waals surface area contributed by atoms with Gasteiger partial charge in [0, 0.05) is 6.04 Å². The van der Waals surface area contributed by atoms with Crippen LogP contribution in [0.5, 0.6) is 0 Å². The Morgan fingerprint density at radius 3 is 2.93 bits per heavy atom. The lowest BCUT2D eigenvalue weighted by molar-refractivity contribution is 0.652. The number of benzene rings is 1. The number of nitrogens with one attached hydrogen (secondary N) is 2. The second-order valence-corrected chi connectivity index (χ2v) is 3.60. The van der Waals surface area contributed by atoms with Gasteiger partial charge in [-0.3, -0.25) is 0 Å². The molecule has 0 saturated carbocycles. The molecule has 0 aliphatic rings. The van der Waals surface area contributed by atoms with E-state index in [1.807, 2.05) is 13.2 Å². The van der Waals surface area contributed by atoms with E-state index in [0.717, 1.165) is 5.69 Å². The first-order valence-electron chi connectivity index (χ1n) is 5.07. The number of hydrogen-bond donors (Lipinski definition) is 2. The van der Waals surface area contributed by atoms with Crippen LogP contribution in [0.25, 0.3) is 11.3 Å². The predicted octanol–water partition coefficient (Wildman–Crippen LogP) is 2.36. The molecule has 78 valence electrons. The average molecular weight is 201 g/mol. The number of H-pyrrole nitrogens is 1. The smallest absolute Gasteiger partial charge is 0.0924 e. The molecule has 0 amide bonds. The van der Waals surface area contributed by atoms with Crippen molar-refractivity contribution >= 4 is 0 Å². The van der Waals surface area contributed by atoms with E-state index in [1.54, 1.807) is 6.33 Å². The Morgan fingerprint density at radius 1 is 1.40 bits per heavy atom. The van der Waals surface area contributed by atoms with Gasteiger partial charge in [-0.05, 0) is 31.2 Å². The summed E-state index contributed by atoms with van der Waals surface area (Å²) in [7, 11) is 1.97. The quantitative estimate of drug-likeness (QED) is 0.800. The molecule has 0 aliphatic heterocycles. The fourth-order valence-corrected chi connectivity index (χ4v) is 1.56. The van der Waals surface area contributed by atoms with Crippen LogP contribution in [0.4, 0.5) is 0 Å². The molecule has 15 heavy (non-hydrogen) atoms. The highest BCUT2D eigenvalue weighted by Crippen LogP contribution is 2.20. The van der Waals surface area contributed by atoms with Gasteiger partial charge in [0.05, 0.1) is 18.2 Å². The molecule has 0 radical (unpaired) electrons. The summed E-state index contributed by atoms with van der Waals surface area (Å²) in [6, 6.07) is 8.82. The molecular formula is C12H15N3. The van der Waals surface area contributed by atoms with Crippen molar-refractivity contribution in [3.05, 3.63) is 42.4 Å². The molecule has 2 rings (SSSR count). The first kappa shape index (κ1) is 9.93. The van der Waals surface area contributed by atoms with Crippen LogP contribution in [-0.2, 0) is 0 Å². The normalized spacial score (nSPS) is 12.7. The molecule has 1 heterocycles. The van der Waals surface area contributed by atoms with Crippen molar-refractivity contribution in [2.75, 3.05) is 7.05 Å². The number of imidazole rings is 1. The summed E-state index contributed by atoms with van der Waals surface area (Å²) in [6.07, 6.45) is 3.53. The van der Waals surface area contributed by atoms with Gasteiger partial charge < -0.3 is 10.3 Å². The monoisotopic (exact) mass is 201 g/mol. The molecule has 2 N–H and O–H groups in total. The van der Waals surface area contributed by atoms with E-state index >= 15 is 0 Å². The molecule has 3 heteroatoms. The second-order valence-electron chi connectivity index (χ2n) is 3.60. The Morgan fingerprint density at radius 2 is 2.27 bits per heavy atom. The van der Waals surface area contributed by atoms with Gasteiger partial charge in [-0.15, -0.1) is 0 Å². The SMILES string of the molecule is CNC(C)c1cccc(-c2cnc[nH]2)c1. The minimum Gasteiger partial charge on any atom is -0.345 e. The third-order valence-electron chi connectivity index (χ3n) is 2.63. The summed E-state index contributed by atoms with van der Waals surface area (Å²) < 4.78 is 0. The molecule has 3 nitrogen and oxygen atoms in total. The van der Waals surface area contributed by atoms with Gasteiger partial charge in [0.2, 0.25) is 0 Å². The molecule has 0 spiro atoms. The van der Waals surface area contributed by atoms with E-state index in [-0.39, 0.29) is 0 Å². The maximum Gasteiger partial charge on any atom is 0.0924 e. The standard InChI is InChI=1S/C12H15N3/c1-9(13-2)10-4-3-5-11(6-10)12-7-14-8-15-12/h3-9,13H,1-2H3,(H,14,15). The summed E-state index contributed by atoms with van der Waals surface area (Å²) >= 11 is 0. The number of rotatable bonds is 3. The summed E-state index contributed by atoms with van der Waals surface area (Å²) in [5, 5.41) is 3.23. The number of nitrogens with zero attached hydrogens (tertiary/aromatic N) is 1. The average Bonchev–Trinajstić information content (AvgIpc) is 2.82. The van der Waals surface area contributed by atoms with E-state index in [4.69, 9.17) is 0 Å². The van der Waals surface area contributed by atoms with Crippen LogP contribution in [-0.4, -0.2) is 17.0 Å². The fraction of sp³-hybridized carbons (Fsp3) is 0.250. The van der Waals surface area contributed by atoms with Crippen LogP contribution < -0.4 is 5.32 Å². The van der Waals surface area contributed by atoms with Gasteiger partial charge in [-0.1, -0.05) is 18.2 Å². The van der Waals surface area contributed by atoms with Crippen molar-refractivity contribution in [3.63, 3.8) is 0 Å². The Hall–Kier alpha value is -1.61. The molecule has 0 saturated heterocycles. The van der Waals surface area contributed by atoms with Gasteiger partial charge in [0.25, 0.3) is 0 Å². The maximum atomic E-state index is 4.02. The second kappa shape index (κ2) is 4.28. The molecular weight excluding hydrogens is 186 g/mol. The lowest BCUT2D eigenvalue weighted by Crippen LogP contribution is -2.12. The minimum atomic E-state index is 0.368. The molecule has 1 aromatic carbocycles. The van der Waals surface area contributed by atoms with E-state index < -0.39 is 0 Å². The summed E-state index contributed by atoms with van der Waals surface area (Å²) in [4.78, 5) is 7.13. The Labute approximate surface area is 89.6 Å². The van der Waals surface area contributed by atoms with Gasteiger partial charge in [-0.2, -0.15) is 0 Å². The van der Waals surface area contributed by atoms with Crippen molar-refractivity contribution in [1.82, 2.24) is 15.3 Å². The predicted molar refractivity (Wildman–Crippen MR) is 61.5 cm³/mol. The van der Waals surface area contributed by atoms with E-state index in [9.17, 15) is 0 Å². The third-order valence-corrected chi connectivity index (χ3v) is 2.63. The lowest BCUT2D eigenvalue weighted by atomic mass is 10.0. The number of hydrogen-bond acceptors (Lipinski definition) is 2. The van der Waals surface area contributed by atoms with Crippen LogP contribution in [0.2, 0.25) is 0 Å².